The molecule has 8 nitrogen and oxygen atoms in total. The molecule has 5 rings (SSSR count). The Hall–Kier alpha value is -3.52. The van der Waals surface area contributed by atoms with Crippen LogP contribution in [0.1, 0.15) is 34.9 Å². The quantitative estimate of drug-likeness (QED) is 0.591. The van der Waals surface area contributed by atoms with Crippen molar-refractivity contribution < 1.29 is 19.1 Å². The summed E-state index contributed by atoms with van der Waals surface area (Å²) in [6.07, 6.45) is 1.89. The number of ether oxygens (including phenoxy) is 2. The number of hydrogen-bond donors (Lipinski definition) is 1. The molecule has 0 spiro atoms. The lowest BCUT2D eigenvalue weighted by Gasteiger charge is -2.35. The first-order valence-corrected chi connectivity index (χ1v) is 12.2. The summed E-state index contributed by atoms with van der Waals surface area (Å²) >= 11 is 0. The van der Waals surface area contributed by atoms with Crippen molar-refractivity contribution in [2.75, 3.05) is 53.5 Å². The summed E-state index contributed by atoms with van der Waals surface area (Å²) < 4.78 is 10.9. The molecule has 1 unspecified atom stereocenters. The molecular weight excluding hydrogens is 444 g/mol. The first-order valence-electron chi connectivity index (χ1n) is 12.2. The summed E-state index contributed by atoms with van der Waals surface area (Å²) in [4.78, 5) is 35.5. The minimum atomic E-state index is 0.00762. The Kier molecular flexibility index (Phi) is 6.63. The highest BCUT2D eigenvalue weighted by Gasteiger charge is 2.33. The molecule has 0 aliphatic carbocycles. The second kappa shape index (κ2) is 10.00. The lowest BCUT2D eigenvalue weighted by atomic mass is 10.0. The zero-order valence-electron chi connectivity index (χ0n) is 20.3. The molecule has 3 aromatic rings. The largest absolute Gasteiger partial charge is 0.497 e. The molecule has 35 heavy (non-hydrogen) atoms. The second-order valence-corrected chi connectivity index (χ2v) is 9.19. The van der Waals surface area contributed by atoms with Crippen LogP contribution in [0.3, 0.4) is 0 Å². The number of aromatic nitrogens is 1. The van der Waals surface area contributed by atoms with Crippen LogP contribution in [-0.2, 0) is 4.79 Å². The van der Waals surface area contributed by atoms with Gasteiger partial charge >= 0.3 is 0 Å². The van der Waals surface area contributed by atoms with Crippen LogP contribution in [0.5, 0.6) is 11.5 Å². The number of para-hydroxylation sites is 1. The highest BCUT2D eigenvalue weighted by molar-refractivity contribution is 5.98. The molecule has 1 aromatic heterocycles. The highest BCUT2D eigenvalue weighted by Crippen LogP contribution is 2.38. The predicted molar refractivity (Wildman–Crippen MR) is 134 cm³/mol. The minimum absolute atomic E-state index is 0.00762. The van der Waals surface area contributed by atoms with Gasteiger partial charge in [-0.1, -0.05) is 18.2 Å². The van der Waals surface area contributed by atoms with Crippen molar-refractivity contribution >= 4 is 22.7 Å². The summed E-state index contributed by atoms with van der Waals surface area (Å²) in [5.74, 6) is 1.62. The second-order valence-electron chi connectivity index (χ2n) is 9.19. The van der Waals surface area contributed by atoms with Gasteiger partial charge in [-0.2, -0.15) is 0 Å². The zero-order chi connectivity index (χ0) is 24.4. The predicted octanol–water partition coefficient (Wildman–Crippen LogP) is 3.31. The van der Waals surface area contributed by atoms with Crippen molar-refractivity contribution in [2.45, 2.75) is 18.9 Å². The number of benzene rings is 2. The number of likely N-dealkylation sites (tertiary alicyclic amines) is 1. The van der Waals surface area contributed by atoms with Gasteiger partial charge in [-0.15, -0.1) is 0 Å². The lowest BCUT2D eigenvalue weighted by Crippen LogP contribution is -2.51. The number of carbonyl (C=O) groups is 2. The van der Waals surface area contributed by atoms with Crippen LogP contribution in [0.15, 0.2) is 48.5 Å². The van der Waals surface area contributed by atoms with Crippen molar-refractivity contribution in [3.8, 4) is 11.5 Å². The standard InChI is InChI=1S/C27H32N4O4/c1-34-20-9-10-21(25(17-20)35-2)24-8-5-11-31(24)26(32)18-29-12-14-30(15-13-29)27(33)23-16-19-6-3-4-7-22(19)28-23/h3-4,6-7,9-10,16-17,24,28H,5,8,11-15,18H2,1-2H3. The SMILES string of the molecule is COc1ccc(C2CCCN2C(=O)CN2CCN(C(=O)c3cc4ccccc4[nH]3)CC2)c(OC)c1. The highest BCUT2D eigenvalue weighted by atomic mass is 16.5. The van der Waals surface area contributed by atoms with Gasteiger partial charge in [-0.25, -0.2) is 0 Å². The first-order chi connectivity index (χ1) is 17.1. The summed E-state index contributed by atoms with van der Waals surface area (Å²) in [5.41, 5.74) is 2.60. The summed E-state index contributed by atoms with van der Waals surface area (Å²) in [7, 11) is 3.28. The molecule has 184 valence electrons. The topological polar surface area (TPSA) is 78.1 Å². The molecule has 0 bridgehead atoms. The Labute approximate surface area is 205 Å². The number of nitrogens with zero attached hydrogens (tertiary/aromatic N) is 3. The number of methoxy groups -OCH3 is 2. The van der Waals surface area contributed by atoms with E-state index >= 15 is 0 Å². The van der Waals surface area contributed by atoms with E-state index in [1.807, 2.05) is 58.3 Å². The maximum absolute atomic E-state index is 13.3. The van der Waals surface area contributed by atoms with Crippen LogP contribution in [0, 0.1) is 0 Å². The number of fused-ring (bicyclic) bond motifs is 1. The van der Waals surface area contributed by atoms with Gasteiger partial charge in [0.2, 0.25) is 5.91 Å². The smallest absolute Gasteiger partial charge is 0.270 e. The fraction of sp³-hybridized carbons (Fsp3) is 0.407. The van der Waals surface area contributed by atoms with Crippen LogP contribution >= 0.6 is 0 Å². The molecule has 3 heterocycles. The zero-order valence-corrected chi connectivity index (χ0v) is 20.3. The maximum Gasteiger partial charge on any atom is 0.270 e. The van der Waals surface area contributed by atoms with Gasteiger partial charge in [0, 0.05) is 55.3 Å². The molecule has 2 aliphatic heterocycles. The summed E-state index contributed by atoms with van der Waals surface area (Å²) in [6.45, 7) is 3.69. The summed E-state index contributed by atoms with van der Waals surface area (Å²) in [5, 5.41) is 1.04. The lowest BCUT2D eigenvalue weighted by molar-refractivity contribution is -0.133. The van der Waals surface area contributed by atoms with Crippen molar-refractivity contribution in [1.82, 2.24) is 19.7 Å². The minimum Gasteiger partial charge on any atom is -0.497 e. The third-order valence-corrected chi connectivity index (χ3v) is 7.15. The fourth-order valence-electron chi connectivity index (χ4n) is 5.23. The van der Waals surface area contributed by atoms with Gasteiger partial charge in [0.15, 0.2) is 0 Å². The average Bonchev–Trinajstić information content (AvgIpc) is 3.56. The number of carbonyl (C=O) groups excluding carboxylic acids is 2. The van der Waals surface area contributed by atoms with E-state index in [0.717, 1.165) is 47.4 Å². The number of H-pyrrole nitrogens is 1. The van der Waals surface area contributed by atoms with E-state index in [1.54, 1.807) is 14.2 Å². The Morgan fingerprint density at radius 1 is 0.971 bits per heavy atom. The molecule has 2 amide bonds. The Morgan fingerprint density at radius 3 is 2.51 bits per heavy atom. The van der Waals surface area contributed by atoms with Crippen molar-refractivity contribution in [3.63, 3.8) is 0 Å². The number of rotatable bonds is 6. The van der Waals surface area contributed by atoms with Crippen LogP contribution in [0.4, 0.5) is 0 Å². The molecule has 2 aliphatic rings. The van der Waals surface area contributed by atoms with E-state index in [9.17, 15) is 9.59 Å². The van der Waals surface area contributed by atoms with Gasteiger partial charge in [0.25, 0.3) is 5.91 Å². The molecule has 2 aromatic carbocycles. The van der Waals surface area contributed by atoms with Gasteiger partial charge in [-0.3, -0.25) is 14.5 Å². The Morgan fingerprint density at radius 2 is 1.77 bits per heavy atom. The third-order valence-electron chi connectivity index (χ3n) is 7.15. The number of aromatic amines is 1. The molecule has 8 heteroatoms. The normalized spacial score (nSPS) is 18.7. The van der Waals surface area contributed by atoms with Crippen LogP contribution in [0.25, 0.3) is 10.9 Å². The monoisotopic (exact) mass is 476 g/mol. The van der Waals surface area contributed by atoms with E-state index in [1.165, 1.54) is 0 Å². The molecule has 2 fully saturated rings. The molecule has 1 atom stereocenters. The molecule has 0 saturated carbocycles. The van der Waals surface area contributed by atoms with Gasteiger partial charge < -0.3 is 24.3 Å². The van der Waals surface area contributed by atoms with Crippen molar-refractivity contribution in [2.24, 2.45) is 0 Å². The van der Waals surface area contributed by atoms with Gasteiger partial charge in [-0.05, 0) is 37.1 Å². The average molecular weight is 477 g/mol. The van der Waals surface area contributed by atoms with Crippen LogP contribution in [0.2, 0.25) is 0 Å². The maximum atomic E-state index is 13.3. The van der Waals surface area contributed by atoms with Crippen LogP contribution < -0.4 is 9.47 Å². The Bertz CT molecular complexity index is 1180. The van der Waals surface area contributed by atoms with Gasteiger partial charge in [0.05, 0.1) is 26.8 Å². The van der Waals surface area contributed by atoms with E-state index in [-0.39, 0.29) is 17.9 Å². The van der Waals surface area contributed by atoms with E-state index in [0.29, 0.717) is 38.4 Å². The van der Waals surface area contributed by atoms with E-state index < -0.39 is 0 Å². The van der Waals surface area contributed by atoms with Crippen LogP contribution in [-0.4, -0.2) is 85.0 Å². The number of piperazine rings is 1. The number of amides is 2. The Balaban J connectivity index is 1.19. The number of nitrogens with one attached hydrogen (secondary N) is 1. The van der Waals surface area contributed by atoms with Crippen molar-refractivity contribution in [3.05, 3.63) is 59.8 Å². The van der Waals surface area contributed by atoms with Crippen molar-refractivity contribution in [1.29, 1.82) is 0 Å². The van der Waals surface area contributed by atoms with E-state index in [4.69, 9.17) is 9.47 Å². The summed E-state index contributed by atoms with van der Waals surface area (Å²) in [6, 6.07) is 15.6. The fourth-order valence-corrected chi connectivity index (χ4v) is 5.23. The van der Waals surface area contributed by atoms with Gasteiger partial charge in [0.1, 0.15) is 17.2 Å². The van der Waals surface area contributed by atoms with E-state index in [2.05, 4.69) is 9.88 Å². The first kappa shape index (κ1) is 23.2. The third kappa shape index (κ3) is 4.71. The molecule has 2 saturated heterocycles. The molecular formula is C27H32N4O4. The number of hydrogen-bond acceptors (Lipinski definition) is 5. The molecule has 0 radical (unpaired) electrons. The molecule has 1 N–H and O–H groups in total.